The van der Waals surface area contributed by atoms with Gasteiger partial charge in [0.2, 0.25) is 0 Å². The quantitative estimate of drug-likeness (QED) is 0.594. The highest BCUT2D eigenvalue weighted by Gasteiger charge is 2.26. The van der Waals surface area contributed by atoms with Gasteiger partial charge in [0.05, 0.1) is 17.6 Å². The van der Waals surface area contributed by atoms with Crippen LogP contribution in [0.3, 0.4) is 0 Å². The number of amides is 1. The van der Waals surface area contributed by atoms with Crippen molar-refractivity contribution in [1.29, 1.82) is 0 Å². The van der Waals surface area contributed by atoms with Crippen LogP contribution in [-0.4, -0.2) is 52.6 Å². The van der Waals surface area contributed by atoms with Crippen LogP contribution in [0.15, 0.2) is 12.3 Å². The second-order valence-electron chi connectivity index (χ2n) is 4.04. The molecule has 1 aromatic rings. The number of carbonyl (C=O) groups excluding carboxylic acids is 1. The standard InChI is InChI=1S/C11H16N4O4/c1-7(6-16)14(3)11(17)8-4-10(12-2)13-5-9(8)15(18)19/h4-5,7,16H,6H2,1-3H3,(H,12,13). The average molecular weight is 268 g/mol. The summed E-state index contributed by atoms with van der Waals surface area (Å²) in [6.07, 6.45) is 1.04. The Labute approximate surface area is 110 Å². The smallest absolute Gasteiger partial charge is 0.300 e. The molecule has 104 valence electrons. The van der Waals surface area contributed by atoms with Crippen molar-refractivity contribution in [2.45, 2.75) is 13.0 Å². The predicted octanol–water partition coefficient (Wildman–Crippen LogP) is 0.484. The number of rotatable bonds is 5. The molecule has 1 heterocycles. The third-order valence-corrected chi connectivity index (χ3v) is 2.81. The zero-order chi connectivity index (χ0) is 14.6. The van der Waals surface area contributed by atoms with E-state index < -0.39 is 16.9 Å². The van der Waals surface area contributed by atoms with Crippen molar-refractivity contribution in [2.24, 2.45) is 0 Å². The van der Waals surface area contributed by atoms with Crippen LogP contribution in [0.4, 0.5) is 11.5 Å². The number of anilines is 1. The van der Waals surface area contributed by atoms with Gasteiger partial charge in [-0.05, 0) is 6.92 Å². The van der Waals surface area contributed by atoms with E-state index in [2.05, 4.69) is 10.3 Å². The molecule has 8 nitrogen and oxygen atoms in total. The largest absolute Gasteiger partial charge is 0.394 e. The van der Waals surface area contributed by atoms with E-state index in [9.17, 15) is 14.9 Å². The fourth-order valence-electron chi connectivity index (χ4n) is 1.41. The van der Waals surface area contributed by atoms with Crippen molar-refractivity contribution in [1.82, 2.24) is 9.88 Å². The fraction of sp³-hybridized carbons (Fsp3) is 0.455. The Morgan fingerprint density at radius 3 is 2.79 bits per heavy atom. The van der Waals surface area contributed by atoms with Gasteiger partial charge in [-0.3, -0.25) is 14.9 Å². The molecule has 1 amide bonds. The third kappa shape index (κ3) is 3.16. The van der Waals surface area contributed by atoms with Crippen molar-refractivity contribution < 1.29 is 14.8 Å². The molecule has 2 N–H and O–H groups in total. The van der Waals surface area contributed by atoms with Gasteiger partial charge in [-0.2, -0.15) is 0 Å². The number of aliphatic hydroxyl groups excluding tert-OH is 1. The van der Waals surface area contributed by atoms with Crippen LogP contribution in [0.1, 0.15) is 17.3 Å². The topological polar surface area (TPSA) is 109 Å². The lowest BCUT2D eigenvalue weighted by Crippen LogP contribution is -2.37. The molecule has 19 heavy (non-hydrogen) atoms. The minimum atomic E-state index is -0.656. The molecule has 0 aliphatic rings. The Hall–Kier alpha value is -2.22. The SMILES string of the molecule is CNc1cc(C(=O)N(C)C(C)CO)c([N+](=O)[O-])cn1. The summed E-state index contributed by atoms with van der Waals surface area (Å²) < 4.78 is 0. The first-order chi connectivity index (χ1) is 8.92. The molecule has 0 saturated carbocycles. The molecule has 0 aliphatic heterocycles. The molecule has 0 radical (unpaired) electrons. The van der Waals surface area contributed by atoms with Gasteiger partial charge in [-0.25, -0.2) is 4.98 Å². The molecule has 0 saturated heterocycles. The van der Waals surface area contributed by atoms with E-state index in [1.165, 1.54) is 18.0 Å². The summed E-state index contributed by atoms with van der Waals surface area (Å²) in [5.74, 6) is -0.175. The van der Waals surface area contributed by atoms with Crippen molar-refractivity contribution in [3.05, 3.63) is 27.9 Å². The van der Waals surface area contributed by atoms with Gasteiger partial charge in [-0.1, -0.05) is 0 Å². The summed E-state index contributed by atoms with van der Waals surface area (Å²) in [7, 11) is 3.08. The second-order valence-corrected chi connectivity index (χ2v) is 4.04. The maximum absolute atomic E-state index is 12.2. The predicted molar refractivity (Wildman–Crippen MR) is 69.1 cm³/mol. The Morgan fingerprint density at radius 2 is 2.32 bits per heavy atom. The van der Waals surface area contributed by atoms with Crippen molar-refractivity contribution in [3.63, 3.8) is 0 Å². The molecule has 8 heteroatoms. The first kappa shape index (κ1) is 14.8. The maximum Gasteiger partial charge on any atom is 0.300 e. The van der Waals surface area contributed by atoms with Gasteiger partial charge in [0, 0.05) is 20.2 Å². The van der Waals surface area contributed by atoms with E-state index in [1.54, 1.807) is 14.0 Å². The van der Waals surface area contributed by atoms with Gasteiger partial charge in [0.25, 0.3) is 11.6 Å². The first-order valence-electron chi connectivity index (χ1n) is 5.62. The van der Waals surface area contributed by atoms with E-state index in [-0.39, 0.29) is 17.9 Å². The van der Waals surface area contributed by atoms with Gasteiger partial charge >= 0.3 is 0 Å². The van der Waals surface area contributed by atoms with E-state index in [1.807, 2.05) is 0 Å². The lowest BCUT2D eigenvalue weighted by molar-refractivity contribution is -0.385. The van der Waals surface area contributed by atoms with Crippen molar-refractivity contribution in [2.75, 3.05) is 26.0 Å². The highest BCUT2D eigenvalue weighted by molar-refractivity contribution is 5.98. The average Bonchev–Trinajstić information content (AvgIpc) is 2.43. The minimum Gasteiger partial charge on any atom is -0.394 e. The summed E-state index contributed by atoms with van der Waals surface area (Å²) >= 11 is 0. The van der Waals surface area contributed by atoms with Crippen molar-refractivity contribution >= 4 is 17.4 Å². The van der Waals surface area contributed by atoms with Crippen LogP contribution < -0.4 is 5.32 Å². The van der Waals surface area contributed by atoms with E-state index in [0.717, 1.165) is 6.20 Å². The number of aromatic nitrogens is 1. The number of nitrogens with zero attached hydrogens (tertiary/aromatic N) is 3. The Bertz CT molecular complexity index is 492. The normalized spacial score (nSPS) is 11.8. The number of nitrogens with one attached hydrogen (secondary N) is 1. The van der Waals surface area contributed by atoms with Crippen LogP contribution in [0.5, 0.6) is 0 Å². The van der Waals surface area contributed by atoms with E-state index in [4.69, 9.17) is 5.11 Å². The second kappa shape index (κ2) is 6.10. The Morgan fingerprint density at radius 1 is 1.68 bits per heavy atom. The summed E-state index contributed by atoms with van der Waals surface area (Å²) in [5.41, 5.74) is -0.423. The summed E-state index contributed by atoms with van der Waals surface area (Å²) in [6.45, 7) is 1.42. The van der Waals surface area contributed by atoms with Gasteiger partial charge < -0.3 is 15.3 Å². The molecule has 0 bridgehead atoms. The zero-order valence-electron chi connectivity index (χ0n) is 11.0. The van der Waals surface area contributed by atoms with Gasteiger partial charge in [-0.15, -0.1) is 0 Å². The molecule has 1 aromatic heterocycles. The molecule has 1 unspecified atom stereocenters. The molecule has 1 atom stereocenters. The molecule has 0 aromatic carbocycles. The minimum absolute atomic E-state index is 0.0628. The Kier molecular flexibility index (Phi) is 4.76. The van der Waals surface area contributed by atoms with Crippen molar-refractivity contribution in [3.8, 4) is 0 Å². The number of hydrogen-bond donors (Lipinski definition) is 2. The maximum atomic E-state index is 12.2. The number of carbonyl (C=O) groups is 1. The molecular weight excluding hydrogens is 252 g/mol. The van der Waals surface area contributed by atoms with Crippen LogP contribution in [0, 0.1) is 10.1 Å². The Balaban J connectivity index is 3.23. The van der Waals surface area contributed by atoms with E-state index in [0.29, 0.717) is 5.82 Å². The summed E-state index contributed by atoms with van der Waals surface area (Å²) in [5, 5.41) is 22.7. The lowest BCUT2D eigenvalue weighted by Gasteiger charge is -2.23. The van der Waals surface area contributed by atoms with Gasteiger partial charge in [0.1, 0.15) is 17.6 Å². The highest BCUT2D eigenvalue weighted by Crippen LogP contribution is 2.22. The first-order valence-corrected chi connectivity index (χ1v) is 5.62. The highest BCUT2D eigenvalue weighted by atomic mass is 16.6. The number of hydrogen-bond acceptors (Lipinski definition) is 6. The van der Waals surface area contributed by atoms with Crippen LogP contribution >= 0.6 is 0 Å². The molecular formula is C11H16N4O4. The molecule has 1 rings (SSSR count). The van der Waals surface area contributed by atoms with Gasteiger partial charge in [0.15, 0.2) is 0 Å². The number of nitro groups is 1. The molecule has 0 aliphatic carbocycles. The zero-order valence-corrected chi connectivity index (χ0v) is 11.0. The van der Waals surface area contributed by atoms with Crippen LogP contribution in [0.25, 0.3) is 0 Å². The lowest BCUT2D eigenvalue weighted by atomic mass is 10.1. The number of aliphatic hydroxyl groups is 1. The number of likely N-dealkylation sites (N-methyl/N-ethyl adjacent to an activating group) is 1. The third-order valence-electron chi connectivity index (χ3n) is 2.81. The van der Waals surface area contributed by atoms with Crippen LogP contribution in [-0.2, 0) is 0 Å². The molecule has 0 spiro atoms. The number of pyridine rings is 1. The summed E-state index contributed by atoms with van der Waals surface area (Å²) in [4.78, 5) is 27.5. The summed E-state index contributed by atoms with van der Waals surface area (Å²) in [6, 6.07) is 0.888. The molecule has 0 fully saturated rings. The van der Waals surface area contributed by atoms with E-state index >= 15 is 0 Å². The van der Waals surface area contributed by atoms with Crippen LogP contribution in [0.2, 0.25) is 0 Å². The fourth-order valence-corrected chi connectivity index (χ4v) is 1.41. The monoisotopic (exact) mass is 268 g/mol.